The Bertz CT molecular complexity index is 765. The summed E-state index contributed by atoms with van der Waals surface area (Å²) in [6, 6.07) is 2.84. The van der Waals surface area contributed by atoms with E-state index >= 15 is 0 Å². The predicted molar refractivity (Wildman–Crippen MR) is 114 cm³/mol. The van der Waals surface area contributed by atoms with Crippen molar-refractivity contribution in [1.29, 1.82) is 0 Å². The second-order valence-corrected chi connectivity index (χ2v) is 8.87. The van der Waals surface area contributed by atoms with Crippen LogP contribution in [0.3, 0.4) is 0 Å². The third-order valence-electron chi connectivity index (χ3n) is 4.53. The number of carbonyl (C=O) groups excluding carboxylic acids is 2. The molecule has 9 heteroatoms. The van der Waals surface area contributed by atoms with Gasteiger partial charge in [0.15, 0.2) is 6.79 Å². The molecule has 1 unspecified atom stereocenters. The number of esters is 1. The molecule has 0 spiro atoms. The van der Waals surface area contributed by atoms with E-state index < -0.39 is 17.7 Å². The molecule has 168 valence electrons. The summed E-state index contributed by atoms with van der Waals surface area (Å²) in [4.78, 5) is 26.6. The fourth-order valence-electron chi connectivity index (χ4n) is 3.43. The monoisotopic (exact) mass is 461 g/mol. The van der Waals surface area contributed by atoms with Gasteiger partial charge in [-0.15, -0.1) is 0 Å². The molecule has 1 aliphatic rings. The van der Waals surface area contributed by atoms with Crippen LogP contribution in [0, 0.1) is 5.92 Å². The van der Waals surface area contributed by atoms with Crippen molar-refractivity contribution in [2.24, 2.45) is 5.92 Å². The first-order valence-electron chi connectivity index (χ1n) is 9.82. The first-order valence-corrected chi connectivity index (χ1v) is 10.6. The third kappa shape index (κ3) is 6.40. The zero-order valence-electron chi connectivity index (χ0n) is 18.0. The van der Waals surface area contributed by atoms with Crippen LogP contribution >= 0.6 is 23.2 Å². The maximum atomic E-state index is 13.0. The SMILES string of the molecule is CCOC(=O)CC1C[C@H](c2c(OCOC)ccc(Cl)c2Cl)N(C(=O)OC(C)(C)C)C1. The quantitative estimate of drug-likeness (QED) is 0.408. The Morgan fingerprint density at radius 2 is 1.93 bits per heavy atom. The van der Waals surface area contributed by atoms with Crippen LogP contribution in [0.5, 0.6) is 5.75 Å². The maximum absolute atomic E-state index is 13.0. The maximum Gasteiger partial charge on any atom is 0.410 e. The number of methoxy groups -OCH3 is 1. The van der Waals surface area contributed by atoms with Gasteiger partial charge < -0.3 is 23.8 Å². The van der Waals surface area contributed by atoms with E-state index in [9.17, 15) is 9.59 Å². The molecular weight excluding hydrogens is 433 g/mol. The number of rotatable bonds is 7. The lowest BCUT2D eigenvalue weighted by atomic mass is 9.97. The van der Waals surface area contributed by atoms with Gasteiger partial charge in [-0.3, -0.25) is 4.79 Å². The largest absolute Gasteiger partial charge is 0.467 e. The molecular formula is C21H29Cl2NO6. The lowest BCUT2D eigenvalue weighted by Gasteiger charge is -2.30. The first kappa shape index (κ1) is 24.6. The number of hydrogen-bond acceptors (Lipinski definition) is 6. The lowest BCUT2D eigenvalue weighted by Crippen LogP contribution is -2.37. The molecule has 2 rings (SSSR count). The smallest absolute Gasteiger partial charge is 0.410 e. The van der Waals surface area contributed by atoms with E-state index in [4.69, 9.17) is 42.1 Å². The Labute approximate surface area is 187 Å². The predicted octanol–water partition coefficient (Wildman–Crippen LogP) is 5.23. The van der Waals surface area contributed by atoms with E-state index in [0.717, 1.165) is 0 Å². The minimum Gasteiger partial charge on any atom is -0.467 e. The number of nitrogens with zero attached hydrogens (tertiary/aromatic N) is 1. The van der Waals surface area contributed by atoms with Crippen LogP contribution < -0.4 is 4.74 Å². The lowest BCUT2D eigenvalue weighted by molar-refractivity contribution is -0.144. The van der Waals surface area contributed by atoms with Crippen molar-refractivity contribution in [3.63, 3.8) is 0 Å². The Balaban J connectivity index is 2.41. The topological polar surface area (TPSA) is 74.3 Å². The summed E-state index contributed by atoms with van der Waals surface area (Å²) in [7, 11) is 1.51. The van der Waals surface area contributed by atoms with Gasteiger partial charge in [0.05, 0.1) is 29.1 Å². The summed E-state index contributed by atoms with van der Waals surface area (Å²) in [6.07, 6.45) is 0.185. The standard InChI is InChI=1S/C21H29Cl2NO6/c1-6-28-17(25)10-13-9-15(24(11-13)20(26)30-21(2,3)4)18-16(29-12-27-5)8-7-14(22)19(18)23/h7-8,13,15H,6,9-12H2,1-5H3/t13?,15-/m1/s1. The average Bonchev–Trinajstić information content (AvgIpc) is 3.04. The van der Waals surface area contributed by atoms with Crippen LogP contribution in [0.15, 0.2) is 12.1 Å². The van der Waals surface area contributed by atoms with E-state index in [1.165, 1.54) is 7.11 Å². The summed E-state index contributed by atoms with van der Waals surface area (Å²) in [5, 5.41) is 0.634. The zero-order chi connectivity index (χ0) is 22.5. The van der Waals surface area contributed by atoms with Crippen LogP contribution in [0.1, 0.15) is 52.1 Å². The van der Waals surface area contributed by atoms with Gasteiger partial charge in [-0.1, -0.05) is 23.2 Å². The highest BCUT2D eigenvalue weighted by Crippen LogP contribution is 2.46. The fraction of sp³-hybridized carbons (Fsp3) is 0.619. The summed E-state index contributed by atoms with van der Waals surface area (Å²) >= 11 is 12.8. The molecule has 1 heterocycles. The minimum absolute atomic E-state index is 0.0103. The Hall–Kier alpha value is -1.70. The van der Waals surface area contributed by atoms with Gasteiger partial charge in [-0.2, -0.15) is 0 Å². The summed E-state index contributed by atoms with van der Waals surface area (Å²) < 4.78 is 21.4. The molecule has 0 bridgehead atoms. The average molecular weight is 462 g/mol. The number of halogens is 2. The molecule has 0 saturated carbocycles. The molecule has 0 N–H and O–H groups in total. The van der Waals surface area contributed by atoms with Gasteiger partial charge in [0.1, 0.15) is 11.4 Å². The Kier molecular flexibility index (Phi) is 8.64. The molecule has 0 aliphatic carbocycles. The van der Waals surface area contributed by atoms with Gasteiger partial charge in [0.2, 0.25) is 0 Å². The zero-order valence-corrected chi connectivity index (χ0v) is 19.5. The second kappa shape index (κ2) is 10.6. The van der Waals surface area contributed by atoms with Crippen LogP contribution in [-0.4, -0.2) is 49.6 Å². The van der Waals surface area contributed by atoms with E-state index in [-0.39, 0.29) is 25.1 Å². The number of amides is 1. The molecule has 2 atom stereocenters. The van der Waals surface area contributed by atoms with Crippen molar-refractivity contribution in [3.8, 4) is 5.75 Å². The van der Waals surface area contributed by atoms with Crippen molar-refractivity contribution in [1.82, 2.24) is 4.90 Å². The third-order valence-corrected chi connectivity index (χ3v) is 5.35. The molecule has 1 aliphatic heterocycles. The van der Waals surface area contributed by atoms with Crippen LogP contribution in [0.4, 0.5) is 4.79 Å². The highest BCUT2D eigenvalue weighted by molar-refractivity contribution is 6.42. The Morgan fingerprint density at radius 1 is 1.23 bits per heavy atom. The molecule has 1 amide bonds. The molecule has 1 fully saturated rings. The fourth-order valence-corrected chi connectivity index (χ4v) is 3.88. The first-order chi connectivity index (χ1) is 14.1. The molecule has 30 heavy (non-hydrogen) atoms. The van der Waals surface area contributed by atoms with Gasteiger partial charge in [0.25, 0.3) is 0 Å². The Morgan fingerprint density at radius 3 is 2.53 bits per heavy atom. The molecule has 1 saturated heterocycles. The number of likely N-dealkylation sites (tertiary alicyclic amines) is 1. The van der Waals surface area contributed by atoms with E-state index in [0.29, 0.717) is 40.9 Å². The molecule has 1 aromatic carbocycles. The van der Waals surface area contributed by atoms with E-state index in [2.05, 4.69) is 0 Å². The van der Waals surface area contributed by atoms with Crippen LogP contribution in [-0.2, 0) is 19.0 Å². The highest BCUT2D eigenvalue weighted by Gasteiger charge is 2.41. The minimum atomic E-state index is -0.672. The number of ether oxygens (including phenoxy) is 4. The number of carbonyl (C=O) groups is 2. The van der Waals surface area contributed by atoms with Gasteiger partial charge >= 0.3 is 12.1 Å². The van der Waals surface area contributed by atoms with E-state index in [1.54, 1.807) is 44.7 Å². The number of benzene rings is 1. The summed E-state index contributed by atoms with van der Waals surface area (Å²) in [5.74, 6) is 0.0359. The summed E-state index contributed by atoms with van der Waals surface area (Å²) in [5.41, 5.74) is -0.104. The van der Waals surface area contributed by atoms with Crippen LogP contribution in [0.25, 0.3) is 0 Å². The number of hydrogen-bond donors (Lipinski definition) is 0. The molecule has 0 radical (unpaired) electrons. The van der Waals surface area contributed by atoms with Crippen molar-refractivity contribution >= 4 is 35.3 Å². The molecule has 1 aromatic rings. The normalized spacial score (nSPS) is 19.0. The van der Waals surface area contributed by atoms with Crippen molar-refractivity contribution in [2.45, 2.75) is 52.2 Å². The van der Waals surface area contributed by atoms with Crippen molar-refractivity contribution in [3.05, 3.63) is 27.7 Å². The van der Waals surface area contributed by atoms with Gasteiger partial charge in [-0.25, -0.2) is 4.79 Å². The molecule has 7 nitrogen and oxygen atoms in total. The van der Waals surface area contributed by atoms with Gasteiger partial charge in [-0.05, 0) is 52.2 Å². The van der Waals surface area contributed by atoms with Crippen molar-refractivity contribution in [2.75, 3.05) is 27.1 Å². The van der Waals surface area contributed by atoms with Crippen LogP contribution in [0.2, 0.25) is 10.0 Å². The molecule has 0 aromatic heterocycles. The van der Waals surface area contributed by atoms with Crippen molar-refractivity contribution < 1.29 is 28.5 Å². The van der Waals surface area contributed by atoms with Gasteiger partial charge in [0, 0.05) is 19.2 Å². The van der Waals surface area contributed by atoms with E-state index in [1.807, 2.05) is 0 Å². The second-order valence-electron chi connectivity index (χ2n) is 8.08. The highest BCUT2D eigenvalue weighted by atomic mass is 35.5. The summed E-state index contributed by atoms with van der Waals surface area (Å²) in [6.45, 7) is 7.79.